The van der Waals surface area contributed by atoms with Crippen molar-refractivity contribution < 1.29 is 43.5 Å². The number of carboxylic acids is 1. The lowest BCUT2D eigenvalue weighted by molar-refractivity contribution is -0.139. The highest BCUT2D eigenvalue weighted by Gasteiger charge is 2.16. The van der Waals surface area contributed by atoms with Crippen LogP contribution in [0.2, 0.25) is 0 Å². The van der Waals surface area contributed by atoms with Crippen molar-refractivity contribution in [2.24, 2.45) is 0 Å². The van der Waals surface area contributed by atoms with Crippen LogP contribution in [0.4, 0.5) is 0 Å². The number of ketones is 2. The van der Waals surface area contributed by atoms with Crippen LogP contribution < -0.4 is 14.2 Å². The van der Waals surface area contributed by atoms with Gasteiger partial charge >= 0.3 is 5.97 Å². The summed E-state index contributed by atoms with van der Waals surface area (Å²) in [5.74, 6) is -0.0390. The second kappa shape index (κ2) is 14.9. The number of Topliss-reactive ketones (excluding diaryl/α,β-unsaturated/α-hetero) is 2. The summed E-state index contributed by atoms with van der Waals surface area (Å²) in [4.78, 5) is 34.8. The number of carbonyl (C=O) groups excluding carboxylic acids is 2. The molecule has 0 heterocycles. The van der Waals surface area contributed by atoms with Crippen LogP contribution in [0, 0.1) is 0 Å². The maximum absolute atomic E-state index is 12.2. The van der Waals surface area contributed by atoms with Crippen LogP contribution in [0.1, 0.15) is 66.3 Å². The maximum atomic E-state index is 12.2. The van der Waals surface area contributed by atoms with Gasteiger partial charge in [-0.05, 0) is 56.0 Å². The van der Waals surface area contributed by atoms with E-state index in [1.54, 1.807) is 36.4 Å². The fraction of sp³-hybridized carbons (Fsp3) is 0.387. The number of hydrogen-bond donors (Lipinski definition) is 2. The fourth-order valence-electron chi connectivity index (χ4n) is 4.25. The summed E-state index contributed by atoms with van der Waals surface area (Å²) in [6.45, 7) is 6.05. The third-order valence-electron chi connectivity index (χ3n) is 6.17. The lowest BCUT2D eigenvalue weighted by Gasteiger charge is -2.15. The van der Waals surface area contributed by atoms with Gasteiger partial charge in [-0.1, -0.05) is 25.5 Å². The minimum Gasteiger partial charge on any atom is -0.507 e. The topological polar surface area (TPSA) is 129 Å². The molecule has 0 saturated carbocycles. The first-order valence-corrected chi connectivity index (χ1v) is 13.3. The first kappa shape index (κ1) is 30.4. The molecule has 0 unspecified atom stereocenters. The molecule has 0 bridgehead atoms. The van der Waals surface area contributed by atoms with Crippen LogP contribution in [0.3, 0.4) is 0 Å². The van der Waals surface area contributed by atoms with Gasteiger partial charge in [0.1, 0.15) is 23.0 Å². The summed E-state index contributed by atoms with van der Waals surface area (Å²) in [5, 5.41) is 20.8. The molecular formula is C31H36O9. The predicted octanol–water partition coefficient (Wildman–Crippen LogP) is 5.62. The molecule has 3 aromatic rings. The van der Waals surface area contributed by atoms with Gasteiger partial charge in [-0.25, -0.2) is 4.79 Å². The molecule has 0 amide bonds. The van der Waals surface area contributed by atoms with Gasteiger partial charge in [-0.2, -0.15) is 0 Å². The molecule has 0 aliphatic rings. The number of carbonyl (C=O) groups is 3. The lowest BCUT2D eigenvalue weighted by atomic mass is 10.0. The van der Waals surface area contributed by atoms with Gasteiger partial charge < -0.3 is 29.2 Å². The highest BCUT2D eigenvalue weighted by atomic mass is 16.5. The summed E-state index contributed by atoms with van der Waals surface area (Å²) in [5.41, 5.74) is 1.38. The van der Waals surface area contributed by atoms with E-state index in [4.69, 9.17) is 24.1 Å². The van der Waals surface area contributed by atoms with Gasteiger partial charge in [0.15, 0.2) is 18.2 Å². The Hall–Kier alpha value is -4.11. The van der Waals surface area contributed by atoms with Crippen LogP contribution in [-0.4, -0.2) is 60.8 Å². The highest BCUT2D eigenvalue weighted by Crippen LogP contribution is 2.34. The largest absolute Gasteiger partial charge is 0.507 e. The number of aromatic hydroxyl groups is 1. The average molecular weight is 553 g/mol. The van der Waals surface area contributed by atoms with Crippen molar-refractivity contribution in [3.8, 4) is 23.0 Å². The summed E-state index contributed by atoms with van der Waals surface area (Å²) >= 11 is 0. The molecular weight excluding hydrogens is 516 g/mol. The Kier molecular flexibility index (Phi) is 11.3. The molecule has 0 aliphatic heterocycles. The number of ether oxygens (including phenoxy) is 4. The molecule has 3 rings (SSSR count). The Labute approximate surface area is 233 Å². The van der Waals surface area contributed by atoms with Crippen LogP contribution in [0.5, 0.6) is 23.0 Å². The standard InChI is InChI=1S/C31H36O9/c1-4-7-26-28(13-12-24(20(2)32)30(26)36)38-16-5-14-37-15-6-17-39-31-25(21(3)33)11-9-22-8-10-23(18-27(22)31)40-19-29(34)35/h8-13,18,36H,4-7,14-17,19H2,1-3H3,(H,34,35). The molecule has 2 N–H and O–H groups in total. The Bertz CT molecular complexity index is 1350. The van der Waals surface area contributed by atoms with Gasteiger partial charge in [-0.15, -0.1) is 0 Å². The van der Waals surface area contributed by atoms with Crippen molar-refractivity contribution in [3.63, 3.8) is 0 Å². The molecule has 0 aliphatic carbocycles. The summed E-state index contributed by atoms with van der Waals surface area (Å²) in [7, 11) is 0. The molecule has 0 fully saturated rings. The van der Waals surface area contributed by atoms with Gasteiger partial charge in [0.2, 0.25) is 0 Å². The van der Waals surface area contributed by atoms with E-state index in [1.807, 2.05) is 13.0 Å². The third-order valence-corrected chi connectivity index (χ3v) is 6.17. The normalized spacial score (nSPS) is 10.9. The predicted molar refractivity (Wildman–Crippen MR) is 150 cm³/mol. The maximum Gasteiger partial charge on any atom is 0.341 e. The number of phenolic OH excluding ortho intramolecular Hbond substituents is 1. The van der Waals surface area contributed by atoms with Crippen molar-refractivity contribution in [1.82, 2.24) is 0 Å². The number of benzene rings is 3. The quantitative estimate of drug-likeness (QED) is 0.162. The van der Waals surface area contributed by atoms with E-state index in [2.05, 4.69) is 0 Å². The molecule has 0 atom stereocenters. The minimum atomic E-state index is -1.08. The zero-order chi connectivity index (χ0) is 29.1. The molecule has 0 aromatic heterocycles. The fourth-order valence-corrected chi connectivity index (χ4v) is 4.25. The minimum absolute atomic E-state index is 0.00812. The number of carboxylic acid groups (broad SMARTS) is 1. The van der Waals surface area contributed by atoms with E-state index >= 15 is 0 Å². The monoisotopic (exact) mass is 552 g/mol. The van der Waals surface area contributed by atoms with Gasteiger partial charge in [0.25, 0.3) is 0 Å². The summed E-state index contributed by atoms with van der Waals surface area (Å²) < 4.78 is 22.9. The number of aliphatic carboxylic acids is 1. The van der Waals surface area contributed by atoms with E-state index in [9.17, 15) is 19.5 Å². The molecule has 0 radical (unpaired) electrons. The SMILES string of the molecule is CCCc1c(OCCCOCCCOc2c(C(C)=O)ccc3ccc(OCC(=O)O)cc23)ccc(C(C)=O)c1O. The number of fused-ring (bicyclic) bond motifs is 1. The summed E-state index contributed by atoms with van der Waals surface area (Å²) in [6, 6.07) is 12.0. The van der Waals surface area contributed by atoms with Crippen LogP contribution in [0.15, 0.2) is 42.5 Å². The first-order valence-electron chi connectivity index (χ1n) is 13.3. The smallest absolute Gasteiger partial charge is 0.341 e. The van der Waals surface area contributed by atoms with Crippen molar-refractivity contribution in [2.75, 3.05) is 33.0 Å². The molecule has 3 aromatic carbocycles. The highest BCUT2D eigenvalue weighted by molar-refractivity contribution is 6.04. The first-order chi connectivity index (χ1) is 19.2. The van der Waals surface area contributed by atoms with Crippen LogP contribution in [0.25, 0.3) is 10.8 Å². The van der Waals surface area contributed by atoms with Crippen molar-refractivity contribution in [2.45, 2.75) is 46.5 Å². The molecule has 0 saturated heterocycles. The Balaban J connectivity index is 1.48. The van der Waals surface area contributed by atoms with E-state index in [0.717, 1.165) is 11.8 Å². The second-order valence-electron chi connectivity index (χ2n) is 9.32. The molecule has 9 nitrogen and oxygen atoms in total. The van der Waals surface area contributed by atoms with Gasteiger partial charge in [0.05, 0.1) is 24.3 Å². The molecule has 9 heteroatoms. The molecule has 0 spiro atoms. The Morgan fingerprint density at radius 3 is 2.10 bits per heavy atom. The summed E-state index contributed by atoms with van der Waals surface area (Å²) in [6.07, 6.45) is 2.64. The molecule has 214 valence electrons. The Morgan fingerprint density at radius 1 is 0.800 bits per heavy atom. The van der Waals surface area contributed by atoms with E-state index in [1.165, 1.54) is 13.8 Å². The third kappa shape index (κ3) is 8.19. The van der Waals surface area contributed by atoms with E-state index in [0.29, 0.717) is 85.0 Å². The zero-order valence-corrected chi connectivity index (χ0v) is 23.2. The van der Waals surface area contributed by atoms with E-state index < -0.39 is 12.6 Å². The van der Waals surface area contributed by atoms with Crippen molar-refractivity contribution in [1.29, 1.82) is 0 Å². The molecule has 40 heavy (non-hydrogen) atoms. The average Bonchev–Trinajstić information content (AvgIpc) is 2.92. The number of rotatable bonds is 17. The van der Waals surface area contributed by atoms with Gasteiger partial charge in [-0.3, -0.25) is 9.59 Å². The zero-order valence-electron chi connectivity index (χ0n) is 23.2. The van der Waals surface area contributed by atoms with E-state index in [-0.39, 0.29) is 17.3 Å². The second-order valence-corrected chi connectivity index (χ2v) is 9.32. The number of hydrogen-bond acceptors (Lipinski definition) is 8. The van der Waals surface area contributed by atoms with Crippen molar-refractivity contribution >= 4 is 28.3 Å². The van der Waals surface area contributed by atoms with Crippen LogP contribution in [-0.2, 0) is 16.0 Å². The van der Waals surface area contributed by atoms with Crippen molar-refractivity contribution in [3.05, 3.63) is 59.2 Å². The van der Waals surface area contributed by atoms with Gasteiger partial charge in [0, 0.05) is 37.0 Å². The lowest BCUT2D eigenvalue weighted by Crippen LogP contribution is -2.10. The van der Waals surface area contributed by atoms with Crippen LogP contribution >= 0.6 is 0 Å². The Morgan fingerprint density at radius 2 is 1.45 bits per heavy atom. The number of phenols is 1.